The summed E-state index contributed by atoms with van der Waals surface area (Å²) in [5.74, 6) is 1.55. The highest BCUT2D eigenvalue weighted by Gasteiger charge is 2.31. The van der Waals surface area contributed by atoms with Crippen LogP contribution in [0.4, 0.5) is 0 Å². The summed E-state index contributed by atoms with van der Waals surface area (Å²) in [6.07, 6.45) is 9.31. The lowest BCUT2D eigenvalue weighted by molar-refractivity contribution is -0.135. The maximum Gasteiger partial charge on any atom is 0.225 e. The molecule has 0 aromatic heterocycles. The van der Waals surface area contributed by atoms with Gasteiger partial charge in [-0.05, 0) is 45.2 Å². The number of hydrogen-bond acceptors (Lipinski definition) is 4. The molecule has 3 aliphatic rings. The van der Waals surface area contributed by atoms with Crippen LogP contribution in [0, 0.1) is 5.92 Å². The van der Waals surface area contributed by atoms with E-state index in [2.05, 4.69) is 37.2 Å². The predicted octanol–water partition coefficient (Wildman–Crippen LogP) is 1.75. The van der Waals surface area contributed by atoms with Crippen LogP contribution in [0.5, 0.6) is 0 Å². The van der Waals surface area contributed by atoms with Crippen molar-refractivity contribution in [1.82, 2.24) is 25.3 Å². The van der Waals surface area contributed by atoms with Crippen LogP contribution in [-0.2, 0) is 4.79 Å². The Morgan fingerprint density at radius 2 is 1.70 bits per heavy atom. The number of guanidine groups is 1. The summed E-state index contributed by atoms with van der Waals surface area (Å²) >= 11 is 0. The van der Waals surface area contributed by atoms with Gasteiger partial charge in [0.2, 0.25) is 5.91 Å². The molecule has 0 spiro atoms. The Labute approximate surface area is 183 Å². The second-order valence-electron chi connectivity index (χ2n) is 9.23. The smallest absolute Gasteiger partial charge is 0.225 e. The zero-order valence-corrected chi connectivity index (χ0v) is 19.4. The fraction of sp³-hybridized carbons (Fsp3) is 0.913. The molecule has 2 saturated heterocycles. The van der Waals surface area contributed by atoms with E-state index in [1.807, 2.05) is 7.05 Å². The molecule has 0 bridgehead atoms. The molecule has 172 valence electrons. The summed E-state index contributed by atoms with van der Waals surface area (Å²) in [6, 6.07) is 0.318. The molecule has 1 unspecified atom stereocenters. The van der Waals surface area contributed by atoms with Gasteiger partial charge in [0.15, 0.2) is 5.96 Å². The normalized spacial score (nSPS) is 24.9. The molecule has 0 aromatic carbocycles. The van der Waals surface area contributed by atoms with E-state index in [9.17, 15) is 4.79 Å². The molecule has 1 saturated carbocycles. The molecular weight excluding hydrogens is 376 g/mol. The van der Waals surface area contributed by atoms with Gasteiger partial charge in [-0.1, -0.05) is 26.2 Å². The molecule has 0 radical (unpaired) electrons. The van der Waals surface area contributed by atoms with Crippen LogP contribution in [0.15, 0.2) is 4.99 Å². The van der Waals surface area contributed by atoms with Gasteiger partial charge >= 0.3 is 0 Å². The van der Waals surface area contributed by atoms with Gasteiger partial charge in [-0.2, -0.15) is 0 Å². The molecule has 30 heavy (non-hydrogen) atoms. The number of piperazine rings is 1. The van der Waals surface area contributed by atoms with Gasteiger partial charge in [-0.3, -0.25) is 9.79 Å². The summed E-state index contributed by atoms with van der Waals surface area (Å²) in [5, 5.41) is 7.00. The van der Waals surface area contributed by atoms with E-state index in [-0.39, 0.29) is 5.92 Å². The highest BCUT2D eigenvalue weighted by Crippen LogP contribution is 2.26. The number of carbonyl (C=O) groups is 1. The van der Waals surface area contributed by atoms with E-state index >= 15 is 0 Å². The number of aliphatic imine (C=N–C) groups is 1. The first-order valence-electron chi connectivity index (χ1n) is 12.4. The standard InChI is InChI=1S/C23H44N6O/c1-3-27-15-17-28(18-16-27)13-8-7-12-25-23(24-2)26-21-11-14-29(19-21)22(30)20-9-5-4-6-10-20/h20-21H,3-19H2,1-2H3,(H2,24,25,26). The molecule has 3 fully saturated rings. The van der Waals surface area contributed by atoms with Crippen LogP contribution in [0.3, 0.4) is 0 Å². The van der Waals surface area contributed by atoms with Crippen LogP contribution < -0.4 is 10.6 Å². The molecule has 1 aliphatic carbocycles. The largest absolute Gasteiger partial charge is 0.356 e. The fourth-order valence-corrected chi connectivity index (χ4v) is 5.07. The Bertz CT molecular complexity index is 540. The summed E-state index contributed by atoms with van der Waals surface area (Å²) < 4.78 is 0. The number of carbonyl (C=O) groups excluding carboxylic acids is 1. The first-order chi connectivity index (χ1) is 14.7. The van der Waals surface area contributed by atoms with Gasteiger partial charge in [-0.25, -0.2) is 0 Å². The van der Waals surface area contributed by atoms with Gasteiger partial charge in [-0.15, -0.1) is 0 Å². The van der Waals surface area contributed by atoms with E-state index in [4.69, 9.17) is 0 Å². The van der Waals surface area contributed by atoms with Gasteiger partial charge in [0.1, 0.15) is 0 Å². The third-order valence-corrected chi connectivity index (χ3v) is 7.12. The van der Waals surface area contributed by atoms with Crippen LogP contribution >= 0.6 is 0 Å². The maximum atomic E-state index is 12.8. The fourth-order valence-electron chi connectivity index (χ4n) is 5.07. The average Bonchev–Trinajstić information content (AvgIpc) is 3.27. The molecule has 1 atom stereocenters. The third-order valence-electron chi connectivity index (χ3n) is 7.12. The Morgan fingerprint density at radius 3 is 2.40 bits per heavy atom. The minimum atomic E-state index is 0.278. The Morgan fingerprint density at radius 1 is 0.967 bits per heavy atom. The lowest BCUT2D eigenvalue weighted by Gasteiger charge is -2.34. The van der Waals surface area contributed by atoms with E-state index in [0.717, 1.165) is 51.3 Å². The Balaban J connectivity index is 1.27. The second kappa shape index (κ2) is 12.5. The van der Waals surface area contributed by atoms with Crippen molar-refractivity contribution < 1.29 is 4.79 Å². The lowest BCUT2D eigenvalue weighted by Crippen LogP contribution is -2.46. The van der Waals surface area contributed by atoms with E-state index in [1.54, 1.807) is 0 Å². The summed E-state index contributed by atoms with van der Waals surface area (Å²) in [5.41, 5.74) is 0. The van der Waals surface area contributed by atoms with Gasteiger partial charge < -0.3 is 25.3 Å². The molecule has 1 amide bonds. The van der Waals surface area contributed by atoms with Crippen molar-refractivity contribution in [1.29, 1.82) is 0 Å². The maximum absolute atomic E-state index is 12.8. The number of nitrogens with one attached hydrogen (secondary N) is 2. The number of rotatable bonds is 8. The van der Waals surface area contributed by atoms with E-state index < -0.39 is 0 Å². The first-order valence-corrected chi connectivity index (χ1v) is 12.4. The number of likely N-dealkylation sites (N-methyl/N-ethyl adjacent to an activating group) is 1. The highest BCUT2D eigenvalue weighted by molar-refractivity contribution is 5.81. The molecule has 7 nitrogen and oxygen atoms in total. The lowest BCUT2D eigenvalue weighted by atomic mass is 9.88. The van der Waals surface area contributed by atoms with Crippen molar-refractivity contribution in [3.63, 3.8) is 0 Å². The Hall–Kier alpha value is -1.34. The molecule has 7 heteroatoms. The second-order valence-corrected chi connectivity index (χ2v) is 9.23. The summed E-state index contributed by atoms with van der Waals surface area (Å²) in [6.45, 7) is 12.1. The third kappa shape index (κ3) is 7.12. The minimum Gasteiger partial charge on any atom is -0.356 e. The van der Waals surface area contributed by atoms with Gasteiger partial charge in [0.25, 0.3) is 0 Å². The van der Waals surface area contributed by atoms with E-state index in [1.165, 1.54) is 65.0 Å². The zero-order valence-electron chi connectivity index (χ0n) is 19.4. The van der Waals surface area contributed by atoms with Crippen LogP contribution in [0.2, 0.25) is 0 Å². The van der Waals surface area contributed by atoms with Crippen molar-refractivity contribution in [2.24, 2.45) is 10.9 Å². The van der Waals surface area contributed by atoms with Crippen LogP contribution in [0.1, 0.15) is 58.3 Å². The monoisotopic (exact) mass is 420 g/mol. The number of nitrogens with zero attached hydrogens (tertiary/aromatic N) is 4. The minimum absolute atomic E-state index is 0.278. The number of hydrogen-bond donors (Lipinski definition) is 2. The quantitative estimate of drug-likeness (QED) is 0.356. The van der Waals surface area contributed by atoms with Crippen molar-refractivity contribution in [3.05, 3.63) is 0 Å². The molecule has 0 aromatic rings. The SMILES string of the molecule is CCN1CCN(CCCCNC(=NC)NC2CCN(C(=O)C3CCCCC3)C2)CC1. The molecule has 2 N–H and O–H groups in total. The first kappa shape index (κ1) is 23.3. The highest BCUT2D eigenvalue weighted by atomic mass is 16.2. The molecule has 2 heterocycles. The average molecular weight is 421 g/mol. The van der Waals surface area contributed by atoms with Gasteiger partial charge in [0.05, 0.1) is 0 Å². The summed E-state index contributed by atoms with van der Waals surface area (Å²) in [4.78, 5) is 24.4. The summed E-state index contributed by atoms with van der Waals surface area (Å²) in [7, 11) is 1.84. The predicted molar refractivity (Wildman–Crippen MR) is 124 cm³/mol. The number of unbranched alkanes of at least 4 members (excludes halogenated alkanes) is 1. The van der Waals surface area contributed by atoms with E-state index in [0.29, 0.717) is 11.9 Å². The number of likely N-dealkylation sites (tertiary alicyclic amines) is 1. The molecule has 2 aliphatic heterocycles. The molecular formula is C23H44N6O. The van der Waals surface area contributed by atoms with Gasteiger partial charge in [0, 0.05) is 64.8 Å². The van der Waals surface area contributed by atoms with Crippen LogP contribution in [0.25, 0.3) is 0 Å². The van der Waals surface area contributed by atoms with Crippen LogP contribution in [-0.4, -0.2) is 98.6 Å². The van der Waals surface area contributed by atoms with Crippen molar-refractivity contribution in [3.8, 4) is 0 Å². The molecule has 3 rings (SSSR count). The van der Waals surface area contributed by atoms with Crippen molar-refractivity contribution in [2.45, 2.75) is 64.3 Å². The number of amides is 1. The van der Waals surface area contributed by atoms with Crippen molar-refractivity contribution >= 4 is 11.9 Å². The topological polar surface area (TPSA) is 63.2 Å². The van der Waals surface area contributed by atoms with Crippen molar-refractivity contribution in [2.75, 3.05) is 66.0 Å². The Kier molecular flexibility index (Phi) is 9.72. The zero-order chi connectivity index (χ0) is 21.2.